The fraction of sp³-hybridized carbons (Fsp3) is 0.219. The third-order valence-corrected chi connectivity index (χ3v) is 6.94. The number of benzene rings is 2. The van der Waals surface area contributed by atoms with Crippen molar-refractivity contribution in [3.63, 3.8) is 0 Å². The summed E-state index contributed by atoms with van der Waals surface area (Å²) in [4.78, 5) is 2.36. The molecule has 3 aromatic rings. The normalized spacial score (nSPS) is 17.4. The van der Waals surface area contributed by atoms with Gasteiger partial charge in [0.05, 0.1) is 7.11 Å². The van der Waals surface area contributed by atoms with E-state index in [0.717, 1.165) is 31.7 Å². The number of aromatic nitrogens is 1. The van der Waals surface area contributed by atoms with Crippen LogP contribution in [0.1, 0.15) is 37.9 Å². The molecule has 0 fully saturated rings. The van der Waals surface area contributed by atoms with Crippen molar-refractivity contribution in [2.45, 2.75) is 33.2 Å². The van der Waals surface area contributed by atoms with Gasteiger partial charge < -0.3 is 26.6 Å². The van der Waals surface area contributed by atoms with Gasteiger partial charge in [-0.3, -0.25) is 0 Å². The first-order chi connectivity index (χ1) is 17.2. The van der Waals surface area contributed by atoms with E-state index in [0.29, 0.717) is 0 Å². The topological polar surface area (TPSA) is 16.4 Å². The zero-order valence-corrected chi connectivity index (χ0v) is 22.8. The van der Waals surface area contributed by atoms with Crippen molar-refractivity contribution in [1.29, 1.82) is 0 Å². The minimum Gasteiger partial charge on any atom is -1.00 e. The number of rotatable bonds is 6. The van der Waals surface area contributed by atoms with Crippen LogP contribution in [0.2, 0.25) is 0 Å². The molecule has 36 heavy (non-hydrogen) atoms. The molecule has 0 N–H and O–H groups in total. The van der Waals surface area contributed by atoms with Crippen molar-refractivity contribution >= 4 is 28.7 Å². The van der Waals surface area contributed by atoms with E-state index in [2.05, 4.69) is 120 Å². The van der Waals surface area contributed by atoms with Crippen molar-refractivity contribution in [2.24, 2.45) is 0 Å². The van der Waals surface area contributed by atoms with Gasteiger partial charge in [-0.2, -0.15) is 4.57 Å². The molecule has 4 heteroatoms. The molecule has 0 unspecified atom stereocenters. The van der Waals surface area contributed by atoms with Crippen molar-refractivity contribution < 1.29 is 26.3 Å². The lowest BCUT2D eigenvalue weighted by Crippen LogP contribution is -3.00. The second-order valence-corrected chi connectivity index (χ2v) is 8.87. The van der Waals surface area contributed by atoms with E-state index in [-0.39, 0.29) is 17.0 Å². The number of pyridine rings is 1. The lowest BCUT2D eigenvalue weighted by atomic mass is 10.1. The molecule has 0 bridgehead atoms. The van der Waals surface area contributed by atoms with E-state index in [4.69, 9.17) is 4.74 Å². The Kier molecular flexibility index (Phi) is 8.27. The van der Waals surface area contributed by atoms with Crippen molar-refractivity contribution in [1.82, 2.24) is 0 Å². The number of para-hydroxylation sites is 2. The molecule has 2 aromatic carbocycles. The van der Waals surface area contributed by atoms with Gasteiger partial charge in [0.1, 0.15) is 12.3 Å². The Morgan fingerprint density at radius 1 is 0.889 bits per heavy atom. The summed E-state index contributed by atoms with van der Waals surface area (Å²) in [5.41, 5.74) is 8.72. The fourth-order valence-corrected chi connectivity index (χ4v) is 5.21. The first kappa shape index (κ1) is 25.7. The molecule has 0 radical (unpaired) electrons. The standard InChI is InChI=1S/C32H33N2O.BrH/c1-4-33-28(20-16-24-10-6-8-12-30(24)33)22-18-26-14-15-27(32(26)35-3)19-23-29-21-17-25-11-7-9-13-31(25)34(29)5-2;/h6-13,16-23H,4-5,14-15H2,1-3H3;1H/q+1;/p-1. The number of likely N-dealkylation sites (N-methyl/N-ethyl adjacent to an activating group) is 1. The third kappa shape index (κ3) is 4.96. The number of nitrogens with zero attached hydrogens (tertiary/aromatic N) is 2. The highest BCUT2D eigenvalue weighted by Crippen LogP contribution is 2.34. The van der Waals surface area contributed by atoms with Crippen LogP contribution in [-0.2, 0) is 11.3 Å². The second-order valence-electron chi connectivity index (χ2n) is 8.87. The molecule has 1 aliphatic heterocycles. The van der Waals surface area contributed by atoms with Crippen LogP contribution in [-0.4, -0.2) is 13.7 Å². The molecule has 184 valence electrons. The van der Waals surface area contributed by atoms with Crippen LogP contribution in [0, 0.1) is 0 Å². The number of halogens is 1. The minimum atomic E-state index is 0. The van der Waals surface area contributed by atoms with Crippen molar-refractivity contribution in [3.8, 4) is 0 Å². The molecule has 5 rings (SSSR count). The van der Waals surface area contributed by atoms with Gasteiger partial charge in [-0.15, -0.1) is 0 Å². The summed E-state index contributed by atoms with van der Waals surface area (Å²) in [7, 11) is 1.78. The van der Waals surface area contributed by atoms with E-state index in [9.17, 15) is 0 Å². The Morgan fingerprint density at radius 3 is 2.50 bits per heavy atom. The molecule has 3 nitrogen and oxygen atoms in total. The van der Waals surface area contributed by atoms with Crippen molar-refractivity contribution in [2.75, 3.05) is 18.6 Å². The lowest BCUT2D eigenvalue weighted by molar-refractivity contribution is -0.669. The summed E-state index contributed by atoms with van der Waals surface area (Å²) in [6, 6.07) is 21.5. The molecular weight excluding hydrogens is 508 g/mol. The van der Waals surface area contributed by atoms with Crippen LogP contribution >= 0.6 is 0 Å². The molecular formula is C32H33BrN2O. The van der Waals surface area contributed by atoms with E-state index in [1.807, 2.05) is 0 Å². The van der Waals surface area contributed by atoms with Crippen molar-refractivity contribution in [3.05, 3.63) is 119 Å². The fourth-order valence-electron chi connectivity index (χ4n) is 5.21. The van der Waals surface area contributed by atoms with Gasteiger partial charge in [0, 0.05) is 41.5 Å². The van der Waals surface area contributed by atoms with Crippen LogP contribution in [0.25, 0.3) is 23.1 Å². The molecule has 0 spiro atoms. The average Bonchev–Trinajstić information content (AvgIpc) is 3.31. The molecule has 0 amide bonds. The van der Waals surface area contributed by atoms with E-state index in [1.165, 1.54) is 44.7 Å². The van der Waals surface area contributed by atoms with Crippen LogP contribution in [0.3, 0.4) is 0 Å². The van der Waals surface area contributed by atoms with Gasteiger partial charge >= 0.3 is 0 Å². The number of hydrogen-bond acceptors (Lipinski definition) is 2. The monoisotopic (exact) mass is 540 g/mol. The number of hydrogen-bond donors (Lipinski definition) is 0. The lowest BCUT2D eigenvalue weighted by Gasteiger charge is -2.29. The van der Waals surface area contributed by atoms with Crippen LogP contribution < -0.4 is 26.4 Å². The van der Waals surface area contributed by atoms with Crippen LogP contribution in [0.5, 0.6) is 0 Å². The summed E-state index contributed by atoms with van der Waals surface area (Å²) < 4.78 is 8.26. The molecule has 0 saturated carbocycles. The van der Waals surface area contributed by atoms with E-state index in [1.54, 1.807) is 7.11 Å². The van der Waals surface area contributed by atoms with Gasteiger partial charge in [-0.05, 0) is 79.8 Å². The zero-order chi connectivity index (χ0) is 24.2. The summed E-state index contributed by atoms with van der Waals surface area (Å²) in [5, 5.41) is 1.27. The molecule has 2 heterocycles. The highest BCUT2D eigenvalue weighted by atomic mass is 79.9. The molecule has 1 aliphatic carbocycles. The van der Waals surface area contributed by atoms with Gasteiger partial charge in [0.25, 0.3) is 0 Å². The highest BCUT2D eigenvalue weighted by molar-refractivity contribution is 5.77. The number of ether oxygens (including phenoxy) is 1. The quantitative estimate of drug-likeness (QED) is 0.435. The summed E-state index contributed by atoms with van der Waals surface area (Å²) in [6.45, 7) is 6.26. The largest absolute Gasteiger partial charge is 1.00 e. The third-order valence-electron chi connectivity index (χ3n) is 6.94. The Morgan fingerprint density at radius 2 is 1.69 bits per heavy atom. The van der Waals surface area contributed by atoms with Gasteiger partial charge in [-0.1, -0.05) is 42.5 Å². The zero-order valence-electron chi connectivity index (χ0n) is 21.2. The Labute approximate surface area is 225 Å². The van der Waals surface area contributed by atoms with Crippen LogP contribution in [0.15, 0.2) is 108 Å². The number of methoxy groups -OCH3 is 1. The average molecular weight is 542 g/mol. The molecule has 1 aromatic heterocycles. The molecule has 0 saturated heterocycles. The second kappa shape index (κ2) is 11.6. The molecule has 0 atom stereocenters. The molecule has 2 aliphatic rings. The van der Waals surface area contributed by atoms with Gasteiger partial charge in [0.2, 0.25) is 11.2 Å². The number of anilines is 1. The first-order valence-corrected chi connectivity index (χ1v) is 12.6. The first-order valence-electron chi connectivity index (χ1n) is 12.6. The summed E-state index contributed by atoms with van der Waals surface area (Å²) in [6.07, 6.45) is 15.3. The Hall–Kier alpha value is -3.37. The van der Waals surface area contributed by atoms with E-state index >= 15 is 0 Å². The number of allylic oxidation sites excluding steroid dienone is 6. The Bertz CT molecular complexity index is 1410. The maximum atomic E-state index is 5.89. The maximum Gasteiger partial charge on any atom is 0.212 e. The van der Waals surface area contributed by atoms with Crippen LogP contribution in [0.4, 0.5) is 5.69 Å². The van der Waals surface area contributed by atoms with E-state index < -0.39 is 0 Å². The SMILES string of the molecule is CCN1/C(=C/C=C2\CCC(/C=C/c3ccc4ccccc4[n+]3CC)=C2OC)C=Cc2ccccc21.[Br-]. The maximum absolute atomic E-state index is 5.89. The Balaban J connectivity index is 0.00000304. The highest BCUT2D eigenvalue weighted by Gasteiger charge is 2.20. The number of fused-ring (bicyclic) bond motifs is 2. The smallest absolute Gasteiger partial charge is 0.212 e. The predicted molar refractivity (Wildman–Crippen MR) is 147 cm³/mol. The summed E-state index contributed by atoms with van der Waals surface area (Å²) in [5.74, 6) is 1.00. The minimum absolute atomic E-state index is 0. The van der Waals surface area contributed by atoms with Gasteiger partial charge in [0.15, 0.2) is 0 Å². The number of aryl methyl sites for hydroxylation is 1. The predicted octanol–water partition coefficient (Wildman–Crippen LogP) is 4.22. The summed E-state index contributed by atoms with van der Waals surface area (Å²) >= 11 is 0. The van der Waals surface area contributed by atoms with Gasteiger partial charge in [-0.25, -0.2) is 0 Å².